The van der Waals surface area contributed by atoms with Crippen LogP contribution in [-0.4, -0.2) is 8.42 Å². The van der Waals surface area contributed by atoms with Crippen molar-refractivity contribution in [3.05, 3.63) is 56.7 Å². The van der Waals surface area contributed by atoms with Crippen LogP contribution < -0.4 is 9.81 Å². The number of fused-ring (bicyclic) bond motifs is 1. The Kier molecular flexibility index (Phi) is 4.30. The fraction of sp³-hybridized carbons (Fsp3) is 0.0714. The van der Waals surface area contributed by atoms with Crippen LogP contribution in [0.25, 0.3) is 11.0 Å². The van der Waals surface area contributed by atoms with Crippen LogP contribution in [0.3, 0.4) is 0 Å². The second kappa shape index (κ2) is 6.04. The molecule has 2 heterocycles. The molecule has 0 bridgehead atoms. The molecule has 0 atom stereocenters. The van der Waals surface area contributed by atoms with Crippen LogP contribution in [0.15, 0.2) is 49.8 Å². The quantitative estimate of drug-likeness (QED) is 0.475. The number of alkyl halides is 3. The van der Waals surface area contributed by atoms with Crippen molar-refractivity contribution in [1.82, 2.24) is 0 Å². The molecule has 132 valence electrons. The predicted octanol–water partition coefficient (Wildman–Crippen LogP) is 4.29. The van der Waals surface area contributed by atoms with Gasteiger partial charge >= 0.3 is 21.9 Å². The van der Waals surface area contributed by atoms with Gasteiger partial charge in [0.15, 0.2) is 4.21 Å². The molecule has 5 nitrogen and oxygen atoms in total. The van der Waals surface area contributed by atoms with E-state index < -0.39 is 38.5 Å². The van der Waals surface area contributed by atoms with Gasteiger partial charge in [-0.1, -0.05) is 11.6 Å². The summed E-state index contributed by atoms with van der Waals surface area (Å²) in [6, 6.07) is 5.81. The summed E-state index contributed by atoms with van der Waals surface area (Å²) in [6.45, 7) is 0. The summed E-state index contributed by atoms with van der Waals surface area (Å²) < 4.78 is 72.7. The highest BCUT2D eigenvalue weighted by atomic mass is 35.5. The van der Waals surface area contributed by atoms with Crippen LogP contribution in [0.2, 0.25) is 4.34 Å². The van der Waals surface area contributed by atoms with E-state index in [9.17, 15) is 26.4 Å². The van der Waals surface area contributed by atoms with Crippen molar-refractivity contribution in [2.45, 2.75) is 10.4 Å². The number of benzene rings is 1. The third-order valence-corrected chi connectivity index (χ3v) is 5.95. The molecule has 0 fully saturated rings. The molecule has 0 spiro atoms. The van der Waals surface area contributed by atoms with Crippen molar-refractivity contribution in [2.24, 2.45) is 0 Å². The first-order chi connectivity index (χ1) is 11.6. The summed E-state index contributed by atoms with van der Waals surface area (Å²) in [7, 11) is -4.22. The van der Waals surface area contributed by atoms with Gasteiger partial charge in [-0.05, 0) is 24.3 Å². The fourth-order valence-corrected chi connectivity index (χ4v) is 4.40. The van der Waals surface area contributed by atoms with Gasteiger partial charge in [0, 0.05) is 17.5 Å². The smallest absolute Gasteiger partial charge is 0.417 e. The van der Waals surface area contributed by atoms with Crippen LogP contribution in [-0.2, 0) is 16.3 Å². The summed E-state index contributed by atoms with van der Waals surface area (Å²) >= 11 is 6.42. The minimum atomic E-state index is -4.77. The van der Waals surface area contributed by atoms with E-state index in [2.05, 4.69) is 0 Å². The van der Waals surface area contributed by atoms with Gasteiger partial charge in [-0.25, -0.2) is 4.79 Å². The Morgan fingerprint density at radius 2 is 1.84 bits per heavy atom. The number of hydrogen-bond donors (Lipinski definition) is 0. The molecule has 3 aromatic rings. The summed E-state index contributed by atoms with van der Waals surface area (Å²) in [6.07, 6.45) is -4.77. The SMILES string of the molecule is O=c1cc(C(F)(F)F)c2ccc(OS(=O)(=O)c3ccc(Cl)s3)cc2o1. The van der Waals surface area contributed by atoms with Crippen LogP contribution >= 0.6 is 22.9 Å². The Morgan fingerprint density at radius 1 is 1.12 bits per heavy atom. The zero-order chi connectivity index (χ0) is 18.4. The Bertz CT molecular complexity index is 1120. The number of thiophene rings is 1. The normalized spacial score (nSPS) is 12.5. The van der Waals surface area contributed by atoms with E-state index in [1.165, 1.54) is 12.1 Å². The largest absolute Gasteiger partial charge is 0.423 e. The third kappa shape index (κ3) is 3.65. The van der Waals surface area contributed by atoms with Gasteiger partial charge in [0.25, 0.3) is 0 Å². The van der Waals surface area contributed by atoms with Gasteiger partial charge in [0.2, 0.25) is 0 Å². The molecule has 0 amide bonds. The average Bonchev–Trinajstić information content (AvgIpc) is 2.92. The first kappa shape index (κ1) is 17.8. The lowest BCUT2D eigenvalue weighted by molar-refractivity contribution is -0.136. The highest BCUT2D eigenvalue weighted by Crippen LogP contribution is 2.35. The molecule has 2 aromatic heterocycles. The van der Waals surface area contributed by atoms with Crippen LogP contribution in [0.5, 0.6) is 5.75 Å². The van der Waals surface area contributed by atoms with Gasteiger partial charge in [-0.15, -0.1) is 11.3 Å². The summed E-state index contributed by atoms with van der Waals surface area (Å²) in [4.78, 5) is 11.3. The first-order valence-corrected chi connectivity index (χ1v) is 9.01. The standard InChI is InChI=1S/C14H6ClF3O5S2/c15-11-3-4-13(24-11)25(20,21)23-7-1-2-8-9(14(16,17)18)6-12(19)22-10(8)5-7/h1-6H. The van der Waals surface area contributed by atoms with Crippen molar-refractivity contribution in [2.75, 3.05) is 0 Å². The fourth-order valence-electron chi connectivity index (χ4n) is 2.03. The van der Waals surface area contributed by atoms with E-state index in [1.807, 2.05) is 0 Å². The minimum absolute atomic E-state index is 0.178. The lowest BCUT2D eigenvalue weighted by atomic mass is 10.1. The Hall–Kier alpha value is -2.04. The zero-order valence-corrected chi connectivity index (χ0v) is 14.2. The maximum absolute atomic E-state index is 13.0. The summed E-state index contributed by atoms with van der Waals surface area (Å²) in [5.41, 5.74) is -2.85. The Labute approximate surface area is 147 Å². The highest BCUT2D eigenvalue weighted by molar-refractivity contribution is 7.89. The van der Waals surface area contributed by atoms with E-state index in [1.54, 1.807) is 0 Å². The molecule has 25 heavy (non-hydrogen) atoms. The molecule has 0 unspecified atom stereocenters. The topological polar surface area (TPSA) is 73.6 Å². The molecule has 11 heteroatoms. The van der Waals surface area contributed by atoms with Crippen molar-refractivity contribution >= 4 is 44.0 Å². The summed E-state index contributed by atoms with van der Waals surface area (Å²) in [5.74, 6) is -0.306. The van der Waals surface area contributed by atoms with Crippen LogP contribution in [0.1, 0.15) is 5.56 Å². The summed E-state index contributed by atoms with van der Waals surface area (Å²) in [5, 5.41) is -0.393. The average molecular weight is 411 g/mol. The predicted molar refractivity (Wildman–Crippen MR) is 84.6 cm³/mol. The highest BCUT2D eigenvalue weighted by Gasteiger charge is 2.34. The van der Waals surface area contributed by atoms with Gasteiger partial charge in [0.05, 0.1) is 9.90 Å². The second-order valence-corrected chi connectivity index (χ2v) is 8.22. The van der Waals surface area contributed by atoms with Crippen molar-refractivity contribution in [3.63, 3.8) is 0 Å². The van der Waals surface area contributed by atoms with Gasteiger partial charge in [-0.2, -0.15) is 21.6 Å². The first-order valence-electron chi connectivity index (χ1n) is 6.41. The molecular weight excluding hydrogens is 405 g/mol. The maximum Gasteiger partial charge on any atom is 0.417 e. The number of rotatable bonds is 3. The Morgan fingerprint density at radius 3 is 2.44 bits per heavy atom. The lowest BCUT2D eigenvalue weighted by Crippen LogP contribution is -2.11. The number of hydrogen-bond acceptors (Lipinski definition) is 6. The molecule has 0 saturated heterocycles. The Balaban J connectivity index is 2.07. The maximum atomic E-state index is 13.0. The molecule has 0 saturated carbocycles. The monoisotopic (exact) mass is 410 g/mol. The van der Waals surface area contributed by atoms with Crippen molar-refractivity contribution < 1.29 is 30.2 Å². The van der Waals surface area contributed by atoms with E-state index in [0.717, 1.165) is 29.5 Å². The van der Waals surface area contributed by atoms with Crippen LogP contribution in [0.4, 0.5) is 13.2 Å². The van der Waals surface area contributed by atoms with E-state index in [0.29, 0.717) is 6.07 Å². The molecule has 0 aliphatic rings. The van der Waals surface area contributed by atoms with Gasteiger partial charge < -0.3 is 8.60 Å². The third-order valence-electron chi connectivity index (χ3n) is 3.02. The van der Waals surface area contributed by atoms with E-state index >= 15 is 0 Å². The molecule has 0 aliphatic heterocycles. The molecule has 0 radical (unpaired) electrons. The van der Waals surface area contributed by atoms with E-state index in [4.69, 9.17) is 20.2 Å². The zero-order valence-electron chi connectivity index (χ0n) is 11.8. The van der Waals surface area contributed by atoms with Gasteiger partial charge in [-0.3, -0.25) is 0 Å². The second-order valence-electron chi connectivity index (χ2n) is 4.73. The number of halogens is 4. The molecule has 0 N–H and O–H groups in total. The molecule has 3 rings (SSSR count). The molecular formula is C14H6ClF3O5S2. The van der Waals surface area contributed by atoms with Crippen molar-refractivity contribution in [1.29, 1.82) is 0 Å². The molecule has 0 aliphatic carbocycles. The lowest BCUT2D eigenvalue weighted by Gasteiger charge is -2.10. The van der Waals surface area contributed by atoms with Crippen LogP contribution in [0, 0.1) is 0 Å². The van der Waals surface area contributed by atoms with Crippen molar-refractivity contribution in [3.8, 4) is 5.75 Å². The van der Waals surface area contributed by atoms with Gasteiger partial charge in [0.1, 0.15) is 11.3 Å². The molecule has 1 aromatic carbocycles. The van der Waals surface area contributed by atoms with E-state index in [-0.39, 0.29) is 14.3 Å². The minimum Gasteiger partial charge on any atom is -0.423 e.